The van der Waals surface area contributed by atoms with E-state index in [0.29, 0.717) is 6.10 Å². The lowest BCUT2D eigenvalue weighted by Gasteiger charge is -2.44. The third kappa shape index (κ3) is 6.40. The van der Waals surface area contributed by atoms with Gasteiger partial charge in [-0.3, -0.25) is 0 Å². The quantitative estimate of drug-likeness (QED) is 0.273. The molecule has 2 fully saturated rings. The number of hydrogen-bond acceptors (Lipinski definition) is 2. The van der Waals surface area contributed by atoms with Gasteiger partial charge in [0.2, 0.25) is 0 Å². The molecule has 0 bridgehead atoms. The highest BCUT2D eigenvalue weighted by Gasteiger charge is 2.38. The molecule has 0 heterocycles. The maximum absolute atomic E-state index is 6.11. The number of hydrogen-bond donors (Lipinski definition) is 0. The van der Waals surface area contributed by atoms with Crippen LogP contribution in [0, 0.1) is 23.7 Å². The van der Waals surface area contributed by atoms with Crippen molar-refractivity contribution in [2.45, 2.75) is 103 Å². The van der Waals surface area contributed by atoms with Crippen LogP contribution in [0.25, 0.3) is 0 Å². The van der Waals surface area contributed by atoms with Crippen LogP contribution in [0.4, 0.5) is 0 Å². The minimum atomic E-state index is 0.508. The molecule has 178 valence electrons. The van der Waals surface area contributed by atoms with Crippen LogP contribution in [0.2, 0.25) is 0 Å². The van der Waals surface area contributed by atoms with Crippen LogP contribution in [0.3, 0.4) is 0 Å². The van der Waals surface area contributed by atoms with E-state index in [0.717, 1.165) is 42.6 Å². The lowest BCUT2D eigenvalue weighted by atomic mass is 9.62. The molecule has 2 nitrogen and oxygen atoms in total. The molecule has 3 aliphatic carbocycles. The molecule has 0 aliphatic heterocycles. The number of ether oxygens (including phenoxy) is 2. The average molecular weight is 439 g/mol. The SMILES string of the molecule is CC=CCO[C@@H]1CC[C@@H]2CC(C3CCc4cc(OCCCCCC)ccc4C3)CCC2C1. The van der Waals surface area contributed by atoms with E-state index in [-0.39, 0.29) is 0 Å². The fourth-order valence-corrected chi connectivity index (χ4v) is 6.72. The molecule has 2 saturated carbocycles. The normalized spacial score (nSPS) is 30.1. The van der Waals surface area contributed by atoms with Crippen LogP contribution < -0.4 is 4.74 Å². The lowest BCUT2D eigenvalue weighted by Crippen LogP contribution is -2.37. The van der Waals surface area contributed by atoms with Gasteiger partial charge in [0.15, 0.2) is 0 Å². The maximum atomic E-state index is 6.11. The van der Waals surface area contributed by atoms with Gasteiger partial charge >= 0.3 is 0 Å². The molecule has 2 heteroatoms. The Kier molecular flexibility index (Phi) is 9.14. The Morgan fingerprint density at radius 3 is 2.53 bits per heavy atom. The van der Waals surface area contributed by atoms with E-state index in [1.54, 1.807) is 11.1 Å². The van der Waals surface area contributed by atoms with Crippen LogP contribution in [0.15, 0.2) is 30.4 Å². The fourth-order valence-electron chi connectivity index (χ4n) is 6.72. The highest BCUT2D eigenvalue weighted by Crippen LogP contribution is 2.47. The first-order valence-electron chi connectivity index (χ1n) is 13.7. The van der Waals surface area contributed by atoms with Crippen molar-refractivity contribution in [1.82, 2.24) is 0 Å². The highest BCUT2D eigenvalue weighted by molar-refractivity contribution is 5.37. The lowest BCUT2D eigenvalue weighted by molar-refractivity contribution is -0.0138. The van der Waals surface area contributed by atoms with Crippen LogP contribution in [0.5, 0.6) is 5.75 Å². The molecule has 0 N–H and O–H groups in total. The number of rotatable bonds is 10. The van der Waals surface area contributed by atoms with Gasteiger partial charge in [-0.05, 0) is 118 Å². The van der Waals surface area contributed by atoms with E-state index in [4.69, 9.17) is 9.47 Å². The molecule has 32 heavy (non-hydrogen) atoms. The van der Waals surface area contributed by atoms with Gasteiger partial charge in [-0.25, -0.2) is 0 Å². The Morgan fingerprint density at radius 1 is 0.875 bits per heavy atom. The van der Waals surface area contributed by atoms with Gasteiger partial charge in [-0.15, -0.1) is 0 Å². The molecule has 3 aliphatic rings. The van der Waals surface area contributed by atoms with E-state index < -0.39 is 0 Å². The molecule has 0 amide bonds. The molecule has 4 rings (SSSR count). The summed E-state index contributed by atoms with van der Waals surface area (Å²) < 4.78 is 12.2. The Bertz CT molecular complexity index is 724. The zero-order valence-corrected chi connectivity index (χ0v) is 20.7. The number of fused-ring (bicyclic) bond motifs is 2. The second-order valence-corrected chi connectivity index (χ2v) is 10.8. The van der Waals surface area contributed by atoms with Crippen molar-refractivity contribution in [1.29, 1.82) is 0 Å². The van der Waals surface area contributed by atoms with Gasteiger partial charge in [0.1, 0.15) is 5.75 Å². The average Bonchev–Trinajstić information content (AvgIpc) is 2.83. The van der Waals surface area contributed by atoms with Gasteiger partial charge in [0, 0.05) is 0 Å². The van der Waals surface area contributed by atoms with Crippen molar-refractivity contribution in [2.24, 2.45) is 23.7 Å². The van der Waals surface area contributed by atoms with Crippen LogP contribution in [-0.4, -0.2) is 19.3 Å². The van der Waals surface area contributed by atoms with Crippen molar-refractivity contribution in [2.75, 3.05) is 13.2 Å². The standard InChI is InChI=1S/C30H46O2/c1-3-5-7-8-18-32-30-16-14-26-20-24(10-12-28(26)22-30)23-9-11-27-21-29(31-17-6-4-2)15-13-25(27)19-23/h4,6,14,16,22-25,27,29H,3,5,7-13,15,17-21H2,1-2H3/t23?,24?,25-,27?,29-/m1/s1. The predicted molar refractivity (Wildman–Crippen MR) is 134 cm³/mol. The Morgan fingerprint density at radius 2 is 1.69 bits per heavy atom. The number of allylic oxidation sites excluding steroid dienone is 1. The molecule has 0 aromatic heterocycles. The molecular formula is C30H46O2. The molecule has 1 aromatic rings. The summed E-state index contributed by atoms with van der Waals surface area (Å²) >= 11 is 0. The van der Waals surface area contributed by atoms with Gasteiger partial charge in [0.05, 0.1) is 19.3 Å². The van der Waals surface area contributed by atoms with Crippen molar-refractivity contribution in [3.8, 4) is 5.75 Å². The molecule has 3 unspecified atom stereocenters. The van der Waals surface area contributed by atoms with Crippen molar-refractivity contribution in [3.63, 3.8) is 0 Å². The van der Waals surface area contributed by atoms with E-state index in [2.05, 4.69) is 44.2 Å². The van der Waals surface area contributed by atoms with E-state index in [1.807, 2.05) is 0 Å². The minimum Gasteiger partial charge on any atom is -0.494 e. The molecule has 0 saturated heterocycles. The summed E-state index contributed by atoms with van der Waals surface area (Å²) in [5, 5.41) is 0. The third-order valence-corrected chi connectivity index (χ3v) is 8.65. The van der Waals surface area contributed by atoms with Crippen molar-refractivity contribution >= 4 is 0 Å². The number of aryl methyl sites for hydroxylation is 1. The van der Waals surface area contributed by atoms with Crippen LogP contribution >= 0.6 is 0 Å². The molecule has 1 aromatic carbocycles. The highest BCUT2D eigenvalue weighted by atomic mass is 16.5. The van der Waals surface area contributed by atoms with Gasteiger partial charge in [0.25, 0.3) is 0 Å². The third-order valence-electron chi connectivity index (χ3n) is 8.65. The van der Waals surface area contributed by atoms with Gasteiger partial charge in [-0.2, -0.15) is 0 Å². The maximum Gasteiger partial charge on any atom is 0.119 e. The monoisotopic (exact) mass is 438 g/mol. The Labute approximate surface area is 197 Å². The smallest absolute Gasteiger partial charge is 0.119 e. The molecule has 0 radical (unpaired) electrons. The van der Waals surface area contributed by atoms with E-state index >= 15 is 0 Å². The zero-order valence-electron chi connectivity index (χ0n) is 20.7. The van der Waals surface area contributed by atoms with Crippen molar-refractivity contribution < 1.29 is 9.47 Å². The minimum absolute atomic E-state index is 0.508. The summed E-state index contributed by atoms with van der Waals surface area (Å²) in [6.45, 7) is 6.01. The number of unbranched alkanes of at least 4 members (excludes halogenated alkanes) is 3. The Hall–Kier alpha value is -1.28. The van der Waals surface area contributed by atoms with Gasteiger partial charge in [-0.1, -0.05) is 44.4 Å². The Balaban J connectivity index is 1.24. The van der Waals surface area contributed by atoms with Gasteiger partial charge < -0.3 is 9.47 Å². The topological polar surface area (TPSA) is 18.5 Å². The predicted octanol–water partition coefficient (Wildman–Crippen LogP) is 7.93. The summed E-state index contributed by atoms with van der Waals surface area (Å²) in [6.07, 6.45) is 22.1. The van der Waals surface area contributed by atoms with E-state index in [1.165, 1.54) is 83.5 Å². The number of benzene rings is 1. The molecule has 0 spiro atoms. The van der Waals surface area contributed by atoms with E-state index in [9.17, 15) is 0 Å². The zero-order chi connectivity index (χ0) is 22.2. The first kappa shape index (κ1) is 23.9. The van der Waals surface area contributed by atoms with Crippen LogP contribution in [-0.2, 0) is 17.6 Å². The van der Waals surface area contributed by atoms with Crippen LogP contribution in [0.1, 0.15) is 95.6 Å². The fraction of sp³-hybridized carbons (Fsp3) is 0.733. The summed E-state index contributed by atoms with van der Waals surface area (Å²) in [4.78, 5) is 0. The van der Waals surface area contributed by atoms with Crippen molar-refractivity contribution in [3.05, 3.63) is 41.5 Å². The second-order valence-electron chi connectivity index (χ2n) is 10.8. The summed E-state index contributed by atoms with van der Waals surface area (Å²) in [7, 11) is 0. The largest absolute Gasteiger partial charge is 0.494 e. The summed E-state index contributed by atoms with van der Waals surface area (Å²) in [5.74, 6) is 4.81. The second kappa shape index (κ2) is 12.3. The summed E-state index contributed by atoms with van der Waals surface area (Å²) in [6, 6.07) is 6.95. The first-order valence-corrected chi connectivity index (χ1v) is 13.7. The first-order chi connectivity index (χ1) is 15.8. The molecular weight excluding hydrogens is 392 g/mol. The summed E-state index contributed by atoms with van der Waals surface area (Å²) in [5.41, 5.74) is 3.16. The molecule has 5 atom stereocenters.